The van der Waals surface area contributed by atoms with Crippen molar-refractivity contribution in [3.63, 3.8) is 0 Å². The van der Waals surface area contributed by atoms with Crippen LogP contribution in [0.1, 0.15) is 24.2 Å². The molecular formula is C18H18N2. The first-order chi connectivity index (χ1) is 9.84. The van der Waals surface area contributed by atoms with Crippen LogP contribution in [0.15, 0.2) is 66.9 Å². The topological polar surface area (TPSA) is 24.9 Å². The molecule has 0 aliphatic rings. The lowest BCUT2D eigenvalue weighted by Crippen LogP contribution is -2.19. The van der Waals surface area contributed by atoms with Crippen molar-refractivity contribution in [1.29, 1.82) is 0 Å². The molecule has 2 nitrogen and oxygen atoms in total. The lowest BCUT2D eigenvalue weighted by atomic mass is 10.0. The van der Waals surface area contributed by atoms with Gasteiger partial charge in [0.15, 0.2) is 0 Å². The van der Waals surface area contributed by atoms with Gasteiger partial charge in [0.05, 0.1) is 5.69 Å². The zero-order valence-electron chi connectivity index (χ0n) is 11.6. The standard InChI is InChI=1S/C18H18N2/c1-14(18-11-4-5-12-19-18)20-13-16-9-6-8-15-7-2-3-10-17(15)16/h2-12,14,20H,13H2,1H3/t14-/m1/s1. The molecule has 0 saturated heterocycles. The third-order valence-electron chi connectivity index (χ3n) is 3.61. The molecule has 0 spiro atoms. The molecule has 1 aromatic heterocycles. The Labute approximate surface area is 119 Å². The highest BCUT2D eigenvalue weighted by molar-refractivity contribution is 5.85. The maximum atomic E-state index is 4.39. The Balaban J connectivity index is 1.77. The van der Waals surface area contributed by atoms with Crippen molar-refractivity contribution in [1.82, 2.24) is 10.3 Å². The van der Waals surface area contributed by atoms with E-state index in [9.17, 15) is 0 Å². The summed E-state index contributed by atoms with van der Waals surface area (Å²) in [7, 11) is 0. The maximum absolute atomic E-state index is 4.39. The van der Waals surface area contributed by atoms with Gasteiger partial charge in [0.2, 0.25) is 0 Å². The molecular weight excluding hydrogens is 244 g/mol. The molecule has 2 aromatic carbocycles. The lowest BCUT2D eigenvalue weighted by Gasteiger charge is -2.14. The predicted molar refractivity (Wildman–Crippen MR) is 83.4 cm³/mol. The predicted octanol–water partition coefficient (Wildman–Crippen LogP) is 4.09. The van der Waals surface area contributed by atoms with Gasteiger partial charge >= 0.3 is 0 Å². The normalized spacial score (nSPS) is 12.4. The fourth-order valence-corrected chi connectivity index (χ4v) is 2.45. The van der Waals surface area contributed by atoms with E-state index in [-0.39, 0.29) is 6.04 Å². The van der Waals surface area contributed by atoms with Crippen LogP contribution in [-0.2, 0) is 6.54 Å². The number of pyridine rings is 1. The summed E-state index contributed by atoms with van der Waals surface area (Å²) in [5.74, 6) is 0. The summed E-state index contributed by atoms with van der Waals surface area (Å²) < 4.78 is 0. The summed E-state index contributed by atoms with van der Waals surface area (Å²) >= 11 is 0. The van der Waals surface area contributed by atoms with E-state index < -0.39 is 0 Å². The van der Waals surface area contributed by atoms with Gasteiger partial charge in [0.1, 0.15) is 0 Å². The molecule has 0 aliphatic carbocycles. The number of aromatic nitrogens is 1. The Morgan fingerprint density at radius 3 is 2.60 bits per heavy atom. The molecule has 0 aliphatic heterocycles. The van der Waals surface area contributed by atoms with E-state index in [1.54, 1.807) is 0 Å². The molecule has 20 heavy (non-hydrogen) atoms. The molecule has 0 amide bonds. The third-order valence-corrected chi connectivity index (χ3v) is 3.61. The summed E-state index contributed by atoms with van der Waals surface area (Å²) in [5.41, 5.74) is 2.40. The summed E-state index contributed by atoms with van der Waals surface area (Å²) in [5, 5.41) is 6.15. The van der Waals surface area contributed by atoms with E-state index in [1.165, 1.54) is 16.3 Å². The number of hydrogen-bond donors (Lipinski definition) is 1. The van der Waals surface area contributed by atoms with Gasteiger partial charge in [-0.3, -0.25) is 4.98 Å². The van der Waals surface area contributed by atoms with Gasteiger partial charge < -0.3 is 5.32 Å². The number of hydrogen-bond acceptors (Lipinski definition) is 2. The highest BCUT2D eigenvalue weighted by atomic mass is 14.9. The number of rotatable bonds is 4. The van der Waals surface area contributed by atoms with Crippen LogP contribution < -0.4 is 5.32 Å². The molecule has 0 radical (unpaired) electrons. The first-order valence-electron chi connectivity index (χ1n) is 6.95. The molecule has 3 rings (SSSR count). The van der Waals surface area contributed by atoms with Crippen LogP contribution in [0.3, 0.4) is 0 Å². The minimum atomic E-state index is 0.246. The van der Waals surface area contributed by atoms with Gasteiger partial charge in [-0.2, -0.15) is 0 Å². The van der Waals surface area contributed by atoms with E-state index in [1.807, 2.05) is 18.3 Å². The van der Waals surface area contributed by atoms with Crippen molar-refractivity contribution < 1.29 is 0 Å². The Morgan fingerprint density at radius 1 is 0.950 bits per heavy atom. The van der Waals surface area contributed by atoms with E-state index in [0.29, 0.717) is 0 Å². The van der Waals surface area contributed by atoms with Crippen LogP contribution in [0, 0.1) is 0 Å². The van der Waals surface area contributed by atoms with Crippen LogP contribution in [0.5, 0.6) is 0 Å². The summed E-state index contributed by atoms with van der Waals surface area (Å²) in [4.78, 5) is 4.39. The second kappa shape index (κ2) is 5.85. The Morgan fingerprint density at radius 2 is 1.75 bits per heavy atom. The van der Waals surface area contributed by atoms with Crippen LogP contribution in [0.4, 0.5) is 0 Å². The number of nitrogens with one attached hydrogen (secondary N) is 1. The zero-order chi connectivity index (χ0) is 13.8. The highest BCUT2D eigenvalue weighted by Crippen LogP contribution is 2.19. The summed E-state index contributed by atoms with van der Waals surface area (Å²) in [6.45, 7) is 2.99. The van der Waals surface area contributed by atoms with E-state index in [0.717, 1.165) is 12.2 Å². The average Bonchev–Trinajstić information content (AvgIpc) is 2.53. The van der Waals surface area contributed by atoms with Crippen LogP contribution in [0.25, 0.3) is 10.8 Å². The minimum absolute atomic E-state index is 0.246. The van der Waals surface area contributed by atoms with Crippen LogP contribution in [-0.4, -0.2) is 4.98 Å². The number of fused-ring (bicyclic) bond motifs is 1. The fraction of sp³-hybridized carbons (Fsp3) is 0.167. The summed E-state index contributed by atoms with van der Waals surface area (Å²) in [6, 6.07) is 21.2. The van der Waals surface area contributed by atoms with Crippen molar-refractivity contribution in [2.75, 3.05) is 0 Å². The van der Waals surface area contributed by atoms with Crippen LogP contribution in [0.2, 0.25) is 0 Å². The van der Waals surface area contributed by atoms with Gasteiger partial charge in [0, 0.05) is 18.8 Å². The van der Waals surface area contributed by atoms with Gasteiger partial charge in [-0.15, -0.1) is 0 Å². The largest absolute Gasteiger partial charge is 0.305 e. The second-order valence-electron chi connectivity index (χ2n) is 5.00. The smallest absolute Gasteiger partial charge is 0.0570 e. The maximum Gasteiger partial charge on any atom is 0.0570 e. The number of nitrogens with zero attached hydrogens (tertiary/aromatic N) is 1. The molecule has 1 atom stereocenters. The van der Waals surface area contributed by atoms with Gasteiger partial charge in [-0.05, 0) is 35.4 Å². The third kappa shape index (κ3) is 2.70. The number of benzene rings is 2. The molecule has 0 saturated carbocycles. The van der Waals surface area contributed by atoms with Crippen molar-refractivity contribution in [3.8, 4) is 0 Å². The van der Waals surface area contributed by atoms with Crippen LogP contribution >= 0.6 is 0 Å². The monoisotopic (exact) mass is 262 g/mol. The molecule has 3 aromatic rings. The molecule has 100 valence electrons. The molecule has 0 bridgehead atoms. The Bertz CT molecular complexity index is 687. The molecule has 0 fully saturated rings. The summed E-state index contributed by atoms with van der Waals surface area (Å²) in [6.07, 6.45) is 1.84. The van der Waals surface area contributed by atoms with Gasteiger partial charge in [-0.25, -0.2) is 0 Å². The molecule has 0 unspecified atom stereocenters. The SMILES string of the molecule is C[C@@H](NCc1cccc2ccccc12)c1ccccn1. The van der Waals surface area contributed by atoms with Crippen molar-refractivity contribution in [3.05, 3.63) is 78.1 Å². The molecule has 1 heterocycles. The van der Waals surface area contributed by atoms with E-state index >= 15 is 0 Å². The van der Waals surface area contributed by atoms with Crippen molar-refractivity contribution in [2.45, 2.75) is 19.5 Å². The first-order valence-corrected chi connectivity index (χ1v) is 6.95. The van der Waals surface area contributed by atoms with Gasteiger partial charge in [-0.1, -0.05) is 48.5 Å². The van der Waals surface area contributed by atoms with E-state index in [2.05, 4.69) is 65.8 Å². The van der Waals surface area contributed by atoms with E-state index in [4.69, 9.17) is 0 Å². The van der Waals surface area contributed by atoms with Crippen molar-refractivity contribution >= 4 is 10.8 Å². The zero-order valence-corrected chi connectivity index (χ0v) is 11.6. The molecule has 1 N–H and O–H groups in total. The molecule has 2 heteroatoms. The average molecular weight is 262 g/mol. The Kier molecular flexibility index (Phi) is 3.75. The second-order valence-corrected chi connectivity index (χ2v) is 5.00. The minimum Gasteiger partial charge on any atom is -0.305 e. The fourth-order valence-electron chi connectivity index (χ4n) is 2.45. The quantitative estimate of drug-likeness (QED) is 0.766. The Hall–Kier alpha value is -2.19. The van der Waals surface area contributed by atoms with Gasteiger partial charge in [0.25, 0.3) is 0 Å². The highest BCUT2D eigenvalue weighted by Gasteiger charge is 2.06. The lowest BCUT2D eigenvalue weighted by molar-refractivity contribution is 0.563. The van der Waals surface area contributed by atoms with Crippen molar-refractivity contribution in [2.24, 2.45) is 0 Å². The first kappa shape index (κ1) is 12.8.